The van der Waals surface area contributed by atoms with Crippen molar-refractivity contribution in [2.45, 2.75) is 99.8 Å². The molecule has 14 heteroatoms. The number of hydrogen-bond donors (Lipinski definition) is 6. The van der Waals surface area contributed by atoms with Gasteiger partial charge in [-0.15, -0.1) is 0 Å². The number of fused-ring (bicyclic) bond motifs is 2. The summed E-state index contributed by atoms with van der Waals surface area (Å²) in [5, 5.41) is 22.5. The van der Waals surface area contributed by atoms with Gasteiger partial charge in [0.15, 0.2) is 11.2 Å². The summed E-state index contributed by atoms with van der Waals surface area (Å²) in [4.78, 5) is 65.1. The van der Waals surface area contributed by atoms with Crippen molar-refractivity contribution in [2.24, 2.45) is 23.1 Å². The molecule has 0 fully saturated rings. The smallest absolute Gasteiger partial charge is 0.303 e. The number of nitrogens with one attached hydrogen (secondary N) is 1. The summed E-state index contributed by atoms with van der Waals surface area (Å²) in [7, 11) is 0. The lowest BCUT2D eigenvalue weighted by Gasteiger charge is -2.18. The standard InChI is InChI=1S/C29H29NO5.C7H13NO3.2C2H6.CH3NO.CH3NS/c1-3-26(34)25-15-19(30-14-6-4-5-7-18(2)31)8-11-22(25)29-23-12-9-20(32)16-27(23)35-28-17-21(33)10-13-24(28)29;1-5(4-7(10)11)2-3-6(8)9;2*1-2;2*2-1-3/h8-13,15-17,30,32H,3-7,14H2,1-2H3;5H,2-4H2,1H3,(H2,8,9)(H,10,11);2*1-2H3;2*1H,(H2,2,3). The minimum Gasteiger partial charge on any atom is -0.508 e. The highest BCUT2D eigenvalue weighted by atomic mass is 32.1. The number of nitrogens with two attached hydrogens (primary N) is 3. The predicted octanol–water partition coefficient (Wildman–Crippen LogP) is 7.84. The molecule has 0 saturated carbocycles. The molecule has 0 radical (unpaired) electrons. The van der Waals surface area contributed by atoms with Gasteiger partial charge in [-0.1, -0.05) is 66.2 Å². The number of thiocarbonyl (C=S) groups is 1. The van der Waals surface area contributed by atoms with Crippen LogP contribution in [0.5, 0.6) is 5.75 Å². The van der Waals surface area contributed by atoms with Crippen LogP contribution in [0.3, 0.4) is 0 Å². The van der Waals surface area contributed by atoms with Crippen molar-refractivity contribution in [2.75, 3.05) is 11.9 Å². The summed E-state index contributed by atoms with van der Waals surface area (Å²) in [6.07, 6.45) is 4.92. The third kappa shape index (κ3) is 20.2. The van der Waals surface area contributed by atoms with Crippen LogP contribution in [0.4, 0.5) is 5.69 Å². The largest absolute Gasteiger partial charge is 0.508 e. The molecule has 1 atom stereocenters. The molecule has 0 saturated heterocycles. The van der Waals surface area contributed by atoms with Crippen molar-refractivity contribution >= 4 is 64.2 Å². The minimum atomic E-state index is -0.832. The number of carbonyl (C=O) groups is 5. The molecule has 13 nitrogen and oxygen atoms in total. The van der Waals surface area contributed by atoms with E-state index < -0.39 is 5.97 Å². The lowest BCUT2D eigenvalue weighted by atomic mass is 9.89. The van der Waals surface area contributed by atoms with Gasteiger partial charge in [0, 0.05) is 72.1 Å². The monoisotopic (exact) mass is 796 g/mol. The molecule has 9 N–H and O–H groups in total. The number of anilines is 1. The van der Waals surface area contributed by atoms with Gasteiger partial charge in [0.2, 0.25) is 12.3 Å². The average Bonchev–Trinajstić information content (AvgIpc) is 3.16. The molecule has 2 aromatic carbocycles. The van der Waals surface area contributed by atoms with Crippen LogP contribution < -0.4 is 27.9 Å². The number of amides is 2. The third-order valence-electron chi connectivity index (χ3n) is 7.53. The van der Waals surface area contributed by atoms with E-state index in [2.05, 4.69) is 29.0 Å². The lowest BCUT2D eigenvalue weighted by molar-refractivity contribution is -0.138. The Labute approximate surface area is 335 Å². The fraction of sp³-hybridized carbons (Fsp3) is 0.405. The third-order valence-corrected chi connectivity index (χ3v) is 7.53. The molecule has 1 unspecified atom stereocenters. The Hall–Kier alpha value is -5.63. The second kappa shape index (κ2) is 30.7. The number of carboxylic acid groups (broad SMARTS) is 1. The van der Waals surface area contributed by atoms with Gasteiger partial charge < -0.3 is 41.9 Å². The maximum atomic E-state index is 13.0. The highest BCUT2D eigenvalue weighted by Crippen LogP contribution is 2.42. The SMILES string of the molecule is CC.CC.CC(CCC(N)=O)CC(=O)O.CCC(=O)c1cc(NCCCCCC(C)=O)ccc1-c1c2ccc(=O)cc-2oc2cc(O)ccc12.NC=O.NC=S. The first-order chi connectivity index (χ1) is 26.7. The second-order valence-electron chi connectivity index (χ2n) is 11.8. The summed E-state index contributed by atoms with van der Waals surface area (Å²) < 4.78 is 5.94. The zero-order valence-electron chi connectivity index (χ0n) is 33.7. The number of ketones is 2. The Bertz CT molecular complexity index is 1840. The van der Waals surface area contributed by atoms with Gasteiger partial charge in [0.1, 0.15) is 22.9 Å². The van der Waals surface area contributed by atoms with Crippen LogP contribution in [0.1, 0.15) is 110 Å². The molecule has 2 aromatic rings. The van der Waals surface area contributed by atoms with Crippen LogP contribution in [0.2, 0.25) is 0 Å². The van der Waals surface area contributed by atoms with Crippen molar-refractivity contribution in [1.29, 1.82) is 0 Å². The van der Waals surface area contributed by atoms with E-state index in [0.717, 1.165) is 59.1 Å². The number of aliphatic carboxylic acids is 1. The van der Waals surface area contributed by atoms with E-state index in [1.54, 1.807) is 32.0 Å². The molecule has 1 aliphatic heterocycles. The molecule has 2 amide bonds. The highest BCUT2D eigenvalue weighted by Gasteiger charge is 2.22. The fourth-order valence-corrected chi connectivity index (χ4v) is 5.14. The lowest BCUT2D eigenvalue weighted by Crippen LogP contribution is -2.13. The summed E-state index contributed by atoms with van der Waals surface area (Å²) in [5.41, 5.74) is 18.6. The Morgan fingerprint density at radius 3 is 2.07 bits per heavy atom. The van der Waals surface area contributed by atoms with Gasteiger partial charge in [-0.05, 0) is 74.1 Å². The number of unbranched alkanes of at least 4 members (excludes halogenated alkanes) is 2. The molecule has 1 heterocycles. The van der Waals surface area contributed by atoms with Crippen molar-refractivity contribution in [3.8, 4) is 28.2 Å². The predicted molar refractivity (Wildman–Crippen MR) is 229 cm³/mol. The second-order valence-corrected chi connectivity index (χ2v) is 12.0. The van der Waals surface area contributed by atoms with Crippen molar-refractivity contribution < 1.29 is 38.6 Å². The van der Waals surface area contributed by atoms with E-state index in [4.69, 9.17) is 20.1 Å². The molecule has 56 heavy (non-hydrogen) atoms. The maximum absolute atomic E-state index is 13.0. The molecular weight excluding hydrogens is 737 g/mol. The topological polar surface area (TPSA) is 246 Å². The van der Waals surface area contributed by atoms with Gasteiger partial charge in [0.05, 0.1) is 5.49 Å². The average molecular weight is 797 g/mol. The number of benzene rings is 3. The van der Waals surface area contributed by atoms with E-state index >= 15 is 0 Å². The van der Waals surface area contributed by atoms with Gasteiger partial charge in [-0.3, -0.25) is 24.0 Å². The maximum Gasteiger partial charge on any atom is 0.303 e. The van der Waals surface area contributed by atoms with E-state index in [-0.39, 0.29) is 53.8 Å². The highest BCUT2D eigenvalue weighted by molar-refractivity contribution is 7.78. The van der Waals surface area contributed by atoms with Gasteiger partial charge in [-0.25, -0.2) is 0 Å². The molecule has 4 rings (SSSR count). The van der Waals surface area contributed by atoms with Crippen LogP contribution in [-0.4, -0.2) is 52.1 Å². The number of phenols is 1. The van der Waals surface area contributed by atoms with Gasteiger partial charge in [0.25, 0.3) is 0 Å². The quantitative estimate of drug-likeness (QED) is 0.0221. The number of aromatic hydroxyl groups is 1. The Balaban J connectivity index is 0. The molecular formula is C42H60N4O9S. The van der Waals surface area contributed by atoms with Crippen LogP contribution in [0, 0.1) is 5.92 Å². The van der Waals surface area contributed by atoms with Crippen LogP contribution in [0.25, 0.3) is 33.4 Å². The molecule has 308 valence electrons. The van der Waals surface area contributed by atoms with Crippen molar-refractivity contribution in [3.63, 3.8) is 0 Å². The minimum absolute atomic E-state index is 0.00595. The summed E-state index contributed by atoms with van der Waals surface area (Å²) >= 11 is 4.05. The number of Topliss-reactive ketones (excluding diaryl/α,β-unsaturated/α-hetero) is 2. The summed E-state index contributed by atoms with van der Waals surface area (Å²) in [5.74, 6) is -0.506. The zero-order chi connectivity index (χ0) is 43.2. The number of hydrogen-bond acceptors (Lipinski definition) is 10. The first-order valence-corrected chi connectivity index (χ1v) is 19.1. The molecule has 1 aliphatic carbocycles. The first-order valence-electron chi connectivity index (χ1n) is 18.6. The summed E-state index contributed by atoms with van der Waals surface area (Å²) in [6, 6.07) is 15.2. The Morgan fingerprint density at radius 2 is 1.52 bits per heavy atom. The molecule has 2 aliphatic rings. The normalized spacial score (nSPS) is 10.1. The number of phenolic OH excluding ortho intramolecular Hbond substituents is 1. The van der Waals surface area contributed by atoms with E-state index in [1.165, 1.54) is 18.2 Å². The van der Waals surface area contributed by atoms with Crippen molar-refractivity contribution in [3.05, 3.63) is 70.4 Å². The van der Waals surface area contributed by atoms with Gasteiger partial charge >= 0.3 is 5.97 Å². The van der Waals surface area contributed by atoms with Crippen LogP contribution in [0.15, 0.2) is 63.8 Å². The zero-order valence-corrected chi connectivity index (χ0v) is 34.5. The number of primary amides is 2. The van der Waals surface area contributed by atoms with Crippen LogP contribution >= 0.6 is 12.2 Å². The number of carboxylic acids is 1. The Kier molecular flexibility index (Phi) is 28.7. The number of rotatable bonds is 15. The van der Waals surface area contributed by atoms with Gasteiger partial charge in [-0.2, -0.15) is 0 Å². The Morgan fingerprint density at radius 1 is 0.911 bits per heavy atom. The molecule has 0 spiro atoms. The van der Waals surface area contributed by atoms with Crippen LogP contribution in [-0.2, 0) is 19.2 Å². The van der Waals surface area contributed by atoms with E-state index in [0.29, 0.717) is 36.2 Å². The first kappa shape index (κ1) is 52.5. The molecule has 0 bridgehead atoms. The van der Waals surface area contributed by atoms with E-state index in [9.17, 15) is 29.1 Å². The summed E-state index contributed by atoms with van der Waals surface area (Å²) in [6.45, 7) is 14.0. The number of carbonyl (C=O) groups excluding carboxylic acids is 4. The fourth-order valence-electron chi connectivity index (χ4n) is 5.14. The van der Waals surface area contributed by atoms with Crippen molar-refractivity contribution in [1.82, 2.24) is 0 Å². The molecule has 0 aromatic heterocycles. The van der Waals surface area contributed by atoms with E-state index in [1.807, 2.05) is 52.8 Å².